The Bertz CT molecular complexity index is 4900. The maximum atomic E-state index is 16.1. The molecule has 6 amide bonds. The van der Waals surface area contributed by atoms with E-state index in [4.69, 9.17) is 46.9 Å². The Labute approximate surface area is 636 Å². The second-order valence-electron chi connectivity index (χ2n) is 27.0. The Morgan fingerprint density at radius 2 is 1.24 bits per heavy atom. The predicted octanol–water partition coefficient (Wildman–Crippen LogP) is 5.07. The van der Waals surface area contributed by atoms with Crippen molar-refractivity contribution in [2.75, 3.05) is 12.4 Å². The zero-order valence-corrected chi connectivity index (χ0v) is 60.5. The van der Waals surface area contributed by atoms with E-state index in [1.54, 1.807) is 0 Å². The van der Waals surface area contributed by atoms with Gasteiger partial charge in [-0.1, -0.05) is 86.5 Å². The number of hydrogen-bond donors (Lipinski definition) is 19. The molecule has 1 saturated heterocycles. The lowest BCUT2D eigenvalue weighted by molar-refractivity contribution is -0.284. The summed E-state index contributed by atoms with van der Waals surface area (Å²) < 4.78 is 62.0. The van der Waals surface area contributed by atoms with Gasteiger partial charge < -0.3 is 112 Å². The van der Waals surface area contributed by atoms with Crippen molar-refractivity contribution in [3.8, 4) is 80.1 Å². The largest absolute Gasteiger partial charge is 0.508 e. The van der Waals surface area contributed by atoms with Crippen LogP contribution in [-0.4, -0.2) is 167 Å². The molecule has 33 nitrogen and oxygen atoms in total. The number of aliphatic hydroxyl groups excluding tert-OH is 4. The number of phenolic OH excluding ortho intramolecular Hbond substituents is 6. The number of carboxylic acids is 1. The minimum Gasteiger partial charge on any atom is -0.508 e. The lowest BCUT2D eigenvalue weighted by atomic mass is 9.89. The molecule has 1 fully saturated rings. The lowest BCUT2D eigenvalue weighted by Gasteiger charge is -2.44. The van der Waals surface area contributed by atoms with Gasteiger partial charge in [-0.2, -0.15) is 4.72 Å². The molecule has 0 spiro atoms. The highest BCUT2D eigenvalue weighted by Crippen LogP contribution is 2.49. The van der Waals surface area contributed by atoms with E-state index in [1.165, 1.54) is 30.3 Å². The number of aliphatic hydroxyl groups is 4. The van der Waals surface area contributed by atoms with Gasteiger partial charge in [0.05, 0.1) is 28.4 Å². The average molecular weight is 1580 g/mol. The molecule has 110 heavy (non-hydrogen) atoms. The van der Waals surface area contributed by atoms with Crippen LogP contribution < -0.4 is 56.2 Å². The summed E-state index contributed by atoms with van der Waals surface area (Å²) >= 11 is 14.2. The fourth-order valence-electron chi connectivity index (χ4n) is 13.6. The first-order valence-corrected chi connectivity index (χ1v) is 37.0. The van der Waals surface area contributed by atoms with Crippen molar-refractivity contribution >= 4 is 74.6 Å². The van der Waals surface area contributed by atoms with Crippen molar-refractivity contribution in [2.24, 2.45) is 0 Å². The number of phenols is 6. The van der Waals surface area contributed by atoms with Gasteiger partial charge in [0.2, 0.25) is 51.2 Å². The molecule has 0 radical (unpaired) electrons. The van der Waals surface area contributed by atoms with Crippen LogP contribution in [0.15, 0.2) is 115 Å². The number of fused-ring (bicyclic) bond motifs is 14. The quantitative estimate of drug-likeness (QED) is 0.0632. The molecule has 582 valence electrons. The maximum absolute atomic E-state index is 16.1. The van der Waals surface area contributed by atoms with Crippen LogP contribution in [-0.2, 0) is 59.5 Å². The van der Waals surface area contributed by atoms with E-state index >= 15 is 24.0 Å². The summed E-state index contributed by atoms with van der Waals surface area (Å²) in [5.41, 5.74) is -2.78. The zero-order valence-electron chi connectivity index (χ0n) is 58.2. The number of hydrogen-bond acceptors (Lipinski definition) is 25. The number of halogens is 2. The normalized spacial score (nSPS) is 24.8. The highest BCUT2D eigenvalue weighted by molar-refractivity contribution is 7.89. The van der Waals surface area contributed by atoms with Crippen LogP contribution in [0.3, 0.4) is 0 Å². The monoisotopic (exact) mass is 1580 g/mol. The van der Waals surface area contributed by atoms with Crippen molar-refractivity contribution in [3.05, 3.63) is 164 Å². The van der Waals surface area contributed by atoms with Crippen LogP contribution in [0.1, 0.15) is 128 Å². The van der Waals surface area contributed by atoms with Gasteiger partial charge in [0, 0.05) is 42.2 Å². The summed E-state index contributed by atoms with van der Waals surface area (Å²) in [5, 5.41) is 145. The molecule has 0 saturated carbocycles. The Morgan fingerprint density at radius 3 is 1.93 bits per heavy atom. The van der Waals surface area contributed by atoms with Crippen molar-refractivity contribution in [1.82, 2.24) is 41.9 Å². The van der Waals surface area contributed by atoms with Gasteiger partial charge in [-0.05, 0) is 119 Å². The van der Waals surface area contributed by atoms with Crippen molar-refractivity contribution in [2.45, 2.75) is 144 Å². The summed E-state index contributed by atoms with van der Waals surface area (Å²) in [4.78, 5) is 105. The Morgan fingerprint density at radius 1 is 0.591 bits per heavy atom. The standard InChI is InChI=1S/C74H76Cl2N8O25S/c1-3-4-5-6-7-8-17-110(103,104)84-59-34-11-14-47(90)51(24-34)105-40-21-36(20-38(87)27-40)57-69(97)81-58-37-25-52(106-49-15-9-32(18-43(49)75)19-45(67(95)79-57)78-71(59)99)63(92)53(26-37)107-50-16-12-35(23-44(50)76)66(109-74-61(77-31(2)86)65(94)64(93)54(30-85)108-74)62-72(100)82-60(73(101)102)42-28-39(88)29-48(91)55(42)41-22-33(10-13-46(41)89)56(68(96)83-62)80-70(58)98/h9-16,18,20-29,45,54,56-62,64-66,70,74,80,84-85,87-94,98H,3-8,17,19,30H2,1-2H3,(H,77,86)(H,78,99)(H,79,95)(H,81,97)(H,82,100)(H,83,96)(H,101,102)/t45-,54-,56-,57+,58-,59-,60-,61-,62-,64-,65-,66-,70?,74+/m1/s1. The number of nitrogens with one attached hydrogen (secondary N) is 8. The number of aliphatic carboxylic acids is 1. The SMILES string of the molecule is CCCCCCCCS(=O)(=O)N[C@H]1C(=O)N[C@@H]2Cc3ccc(c(Cl)c3)Oc3cc4cc(c3O)Oc3ccc(cc3Cl)[C@@H](O[C@@H]3O[C@H](CO)[C@@H](O)[C@H](O)[C@H]3NC(C)=O)[C@H]3NC(=O)[C@H](NC(O)[C@@H]4NC(=O)[C@@H](NC2=O)c2cc(O)cc(c2)Oc2cc1ccc2O)c1ccc(O)c(c1)-c1c(O)cc(O)cc1[C@H](C(=O)O)NC3=O. The fraction of sp³-hybridized carbons (Fsp3) is 0.338. The van der Waals surface area contributed by atoms with Crippen LogP contribution in [0.25, 0.3) is 11.1 Å². The molecule has 7 heterocycles. The van der Waals surface area contributed by atoms with Gasteiger partial charge in [0.15, 0.2) is 35.3 Å². The number of aromatic hydroxyl groups is 6. The highest BCUT2D eigenvalue weighted by Gasteiger charge is 2.49. The summed E-state index contributed by atoms with van der Waals surface area (Å²) in [5.74, 6) is -16.6. The van der Waals surface area contributed by atoms with E-state index in [-0.39, 0.29) is 62.1 Å². The number of sulfonamides is 1. The zero-order chi connectivity index (χ0) is 78.9. The number of amides is 6. The number of carbonyl (C=O) groups is 7. The molecular weight excluding hydrogens is 1500 g/mol. The number of benzene rings is 7. The summed E-state index contributed by atoms with van der Waals surface area (Å²) in [6.07, 6.45) is -8.60. The Balaban J connectivity index is 1.06. The third-order valence-electron chi connectivity index (χ3n) is 19.1. The van der Waals surface area contributed by atoms with E-state index in [0.717, 1.165) is 118 Å². The summed E-state index contributed by atoms with van der Waals surface area (Å²) in [6, 6.07) is 4.43. The number of rotatable bonds is 14. The topological polar surface area (TPSA) is 519 Å². The van der Waals surface area contributed by atoms with Crippen LogP contribution in [0, 0.1) is 0 Å². The highest BCUT2D eigenvalue weighted by atomic mass is 35.5. The van der Waals surface area contributed by atoms with Gasteiger partial charge in [0.1, 0.15) is 107 Å². The van der Waals surface area contributed by atoms with E-state index in [1.807, 2.05) is 6.92 Å². The number of ether oxygens (including phenoxy) is 5. The number of carboxylic acid groups (broad SMARTS) is 1. The Kier molecular flexibility index (Phi) is 23.5. The van der Waals surface area contributed by atoms with Crippen molar-refractivity contribution in [3.63, 3.8) is 0 Å². The minimum atomic E-state index is -4.34. The molecule has 14 atom stereocenters. The molecule has 7 aromatic rings. The van der Waals surface area contributed by atoms with Crippen LogP contribution in [0.4, 0.5) is 0 Å². The van der Waals surface area contributed by atoms with Crippen LogP contribution in [0.5, 0.6) is 69.0 Å². The molecular formula is C74H76Cl2N8O25S. The second-order valence-corrected chi connectivity index (χ2v) is 29.6. The molecule has 0 aliphatic carbocycles. The molecule has 7 aliphatic rings. The van der Waals surface area contributed by atoms with Gasteiger partial charge in [-0.3, -0.25) is 34.1 Å². The first-order valence-electron chi connectivity index (χ1n) is 34.6. The van der Waals surface area contributed by atoms with Gasteiger partial charge in [0.25, 0.3) is 0 Å². The van der Waals surface area contributed by atoms with E-state index in [2.05, 4.69) is 41.9 Å². The van der Waals surface area contributed by atoms with Gasteiger partial charge in [-0.25, -0.2) is 13.2 Å². The number of unbranched alkanes of at least 4 members (excludes halogenated alkanes) is 5. The first-order chi connectivity index (χ1) is 52.3. The van der Waals surface area contributed by atoms with Gasteiger partial charge in [-0.15, -0.1) is 0 Å². The summed E-state index contributed by atoms with van der Waals surface area (Å²) in [7, 11) is -4.34. The maximum Gasteiger partial charge on any atom is 0.330 e. The molecule has 7 aromatic carbocycles. The second kappa shape index (κ2) is 32.8. The van der Waals surface area contributed by atoms with Gasteiger partial charge >= 0.3 is 5.97 Å². The fourth-order valence-corrected chi connectivity index (χ4v) is 15.4. The van der Waals surface area contributed by atoms with Crippen LogP contribution in [0.2, 0.25) is 10.0 Å². The molecule has 7 aliphatic heterocycles. The number of carbonyl (C=O) groups excluding carboxylic acids is 6. The first kappa shape index (κ1) is 78.8. The van der Waals surface area contributed by atoms with Crippen LogP contribution >= 0.6 is 23.2 Å². The summed E-state index contributed by atoms with van der Waals surface area (Å²) in [6.45, 7) is 2.05. The molecule has 14 rings (SSSR count). The van der Waals surface area contributed by atoms with E-state index in [9.17, 15) is 74.2 Å². The molecule has 0 aromatic heterocycles. The van der Waals surface area contributed by atoms with Crippen molar-refractivity contribution in [1.29, 1.82) is 0 Å². The molecule has 36 heteroatoms. The average Bonchev–Trinajstić information content (AvgIpc) is 0.765. The lowest BCUT2D eigenvalue weighted by Crippen LogP contribution is -2.65. The minimum absolute atomic E-state index is 0.0935. The Hall–Kier alpha value is -10.8. The molecule has 19 N–H and O–H groups in total. The van der Waals surface area contributed by atoms with E-state index < -0.39 is 229 Å². The molecule has 17 bridgehead atoms. The van der Waals surface area contributed by atoms with Crippen molar-refractivity contribution < 1.29 is 122 Å². The smallest absolute Gasteiger partial charge is 0.330 e. The molecule has 1 unspecified atom stereocenters. The third-order valence-corrected chi connectivity index (χ3v) is 21.1. The van der Waals surface area contributed by atoms with E-state index in [0.29, 0.717) is 6.42 Å². The predicted molar refractivity (Wildman–Crippen MR) is 386 cm³/mol. The third kappa shape index (κ3) is 17.1.